The zero-order valence-corrected chi connectivity index (χ0v) is 15.5. The molecule has 1 saturated carbocycles. The highest BCUT2D eigenvalue weighted by Crippen LogP contribution is 2.40. The predicted octanol–water partition coefficient (Wildman–Crippen LogP) is 2.89. The average molecular weight is 415 g/mol. The van der Waals surface area contributed by atoms with Gasteiger partial charge in [-0.1, -0.05) is 30.3 Å². The van der Waals surface area contributed by atoms with Crippen LogP contribution in [0, 0.1) is 0 Å². The molecule has 0 radical (unpaired) electrons. The largest absolute Gasteiger partial charge is 0.376 e. The summed E-state index contributed by atoms with van der Waals surface area (Å²) in [7, 11) is 0. The Hall–Kier alpha value is -0.820. The van der Waals surface area contributed by atoms with Gasteiger partial charge in [0.1, 0.15) is 0 Å². The molecular formula is C17H26IN3O. The third kappa shape index (κ3) is 4.84. The van der Waals surface area contributed by atoms with Gasteiger partial charge >= 0.3 is 0 Å². The van der Waals surface area contributed by atoms with E-state index in [1.807, 2.05) is 0 Å². The fourth-order valence-electron chi connectivity index (χ4n) is 2.90. The lowest BCUT2D eigenvalue weighted by Crippen LogP contribution is -2.39. The van der Waals surface area contributed by atoms with E-state index in [0.717, 1.165) is 32.1 Å². The van der Waals surface area contributed by atoms with E-state index in [1.165, 1.54) is 18.4 Å². The molecule has 0 spiro atoms. The molecule has 1 aliphatic heterocycles. The number of nitrogens with one attached hydrogen (secondary N) is 2. The highest BCUT2D eigenvalue weighted by molar-refractivity contribution is 14.0. The van der Waals surface area contributed by atoms with E-state index in [2.05, 4.69) is 52.9 Å². The second-order valence-corrected chi connectivity index (χ2v) is 5.86. The average Bonchev–Trinajstić information content (AvgIpc) is 3.08. The summed E-state index contributed by atoms with van der Waals surface area (Å²) in [5, 5.41) is 6.88. The van der Waals surface area contributed by atoms with Crippen molar-refractivity contribution < 1.29 is 4.74 Å². The zero-order valence-electron chi connectivity index (χ0n) is 13.1. The first kappa shape index (κ1) is 17.5. The van der Waals surface area contributed by atoms with Crippen molar-refractivity contribution in [2.45, 2.75) is 44.2 Å². The smallest absolute Gasteiger partial charge is 0.191 e. The molecule has 3 rings (SSSR count). The normalized spacial score (nSPS) is 27.1. The fraction of sp³-hybridized carbons (Fsp3) is 0.588. The molecule has 22 heavy (non-hydrogen) atoms. The Morgan fingerprint density at radius 3 is 2.82 bits per heavy atom. The number of benzene rings is 1. The predicted molar refractivity (Wildman–Crippen MR) is 101 cm³/mol. The number of hydrogen-bond donors (Lipinski definition) is 2. The lowest BCUT2D eigenvalue weighted by molar-refractivity contribution is 0.117. The Morgan fingerprint density at radius 1 is 1.32 bits per heavy atom. The molecular weight excluding hydrogens is 389 g/mol. The molecule has 2 fully saturated rings. The van der Waals surface area contributed by atoms with Crippen molar-refractivity contribution in [3.8, 4) is 0 Å². The first-order valence-electron chi connectivity index (χ1n) is 8.08. The van der Waals surface area contributed by atoms with Gasteiger partial charge in [0.05, 0.1) is 12.6 Å². The second kappa shape index (κ2) is 8.72. The number of halogens is 1. The van der Waals surface area contributed by atoms with Crippen LogP contribution in [0.3, 0.4) is 0 Å². The maximum absolute atomic E-state index is 5.63. The van der Waals surface area contributed by atoms with E-state index in [9.17, 15) is 0 Å². The van der Waals surface area contributed by atoms with Crippen LogP contribution in [0.5, 0.6) is 0 Å². The molecule has 1 saturated heterocycles. The van der Waals surface area contributed by atoms with Crippen molar-refractivity contribution in [3.63, 3.8) is 0 Å². The molecule has 2 N–H and O–H groups in total. The molecule has 1 aromatic carbocycles. The van der Waals surface area contributed by atoms with Crippen LogP contribution in [-0.2, 0) is 4.74 Å². The molecule has 1 heterocycles. The topological polar surface area (TPSA) is 45.7 Å². The Balaban J connectivity index is 0.00000176. The SMILES string of the molecule is CCNC(=NCC1CCCO1)NC1CC1c1ccccc1.I. The number of ether oxygens (including phenoxy) is 1. The second-order valence-electron chi connectivity index (χ2n) is 5.86. The third-order valence-corrected chi connectivity index (χ3v) is 4.16. The fourth-order valence-corrected chi connectivity index (χ4v) is 2.90. The van der Waals surface area contributed by atoms with Crippen molar-refractivity contribution >= 4 is 29.9 Å². The van der Waals surface area contributed by atoms with E-state index in [0.29, 0.717) is 18.1 Å². The number of hydrogen-bond acceptors (Lipinski definition) is 2. The van der Waals surface area contributed by atoms with Gasteiger partial charge in [0.2, 0.25) is 0 Å². The van der Waals surface area contributed by atoms with E-state index in [-0.39, 0.29) is 24.0 Å². The molecule has 1 aliphatic carbocycles. The quantitative estimate of drug-likeness (QED) is 0.442. The van der Waals surface area contributed by atoms with Crippen LogP contribution in [0.4, 0.5) is 0 Å². The van der Waals surface area contributed by atoms with Crippen LogP contribution in [-0.4, -0.2) is 37.8 Å². The van der Waals surface area contributed by atoms with Gasteiger partial charge in [0.15, 0.2) is 5.96 Å². The molecule has 1 aromatic rings. The van der Waals surface area contributed by atoms with Gasteiger partial charge in [-0.25, -0.2) is 0 Å². The first-order chi connectivity index (χ1) is 10.4. The summed E-state index contributed by atoms with van der Waals surface area (Å²) in [6, 6.07) is 11.2. The van der Waals surface area contributed by atoms with E-state index in [4.69, 9.17) is 4.74 Å². The zero-order chi connectivity index (χ0) is 14.5. The van der Waals surface area contributed by atoms with Crippen LogP contribution < -0.4 is 10.6 Å². The summed E-state index contributed by atoms with van der Waals surface area (Å²) < 4.78 is 5.63. The van der Waals surface area contributed by atoms with E-state index >= 15 is 0 Å². The number of guanidine groups is 1. The van der Waals surface area contributed by atoms with Crippen molar-refractivity contribution in [2.24, 2.45) is 4.99 Å². The number of aliphatic imine (C=N–C) groups is 1. The summed E-state index contributed by atoms with van der Waals surface area (Å²) in [6.07, 6.45) is 3.81. The van der Waals surface area contributed by atoms with Crippen molar-refractivity contribution in [3.05, 3.63) is 35.9 Å². The molecule has 3 atom stereocenters. The van der Waals surface area contributed by atoms with Crippen LogP contribution in [0.1, 0.15) is 37.7 Å². The minimum Gasteiger partial charge on any atom is -0.376 e. The Morgan fingerprint density at radius 2 is 2.14 bits per heavy atom. The molecule has 3 unspecified atom stereocenters. The van der Waals surface area contributed by atoms with E-state index in [1.54, 1.807) is 0 Å². The van der Waals surface area contributed by atoms with Crippen LogP contribution in [0.15, 0.2) is 35.3 Å². The monoisotopic (exact) mass is 415 g/mol. The Labute approximate surface area is 150 Å². The van der Waals surface area contributed by atoms with Gasteiger partial charge in [0, 0.05) is 25.1 Å². The molecule has 0 bridgehead atoms. The molecule has 5 heteroatoms. The van der Waals surface area contributed by atoms with Gasteiger partial charge in [-0.3, -0.25) is 4.99 Å². The van der Waals surface area contributed by atoms with Crippen molar-refractivity contribution in [1.82, 2.24) is 10.6 Å². The minimum absolute atomic E-state index is 0. The minimum atomic E-state index is 0. The first-order valence-corrected chi connectivity index (χ1v) is 8.08. The lowest BCUT2D eigenvalue weighted by Gasteiger charge is -2.13. The van der Waals surface area contributed by atoms with Gasteiger partial charge in [0.25, 0.3) is 0 Å². The van der Waals surface area contributed by atoms with Gasteiger partial charge in [-0.05, 0) is 31.7 Å². The van der Waals surface area contributed by atoms with Crippen LogP contribution in [0.2, 0.25) is 0 Å². The maximum Gasteiger partial charge on any atom is 0.191 e. The van der Waals surface area contributed by atoms with Crippen molar-refractivity contribution in [2.75, 3.05) is 19.7 Å². The number of nitrogens with zero attached hydrogens (tertiary/aromatic N) is 1. The Kier molecular flexibility index (Phi) is 6.95. The summed E-state index contributed by atoms with van der Waals surface area (Å²) >= 11 is 0. The highest BCUT2D eigenvalue weighted by atomic mass is 127. The lowest BCUT2D eigenvalue weighted by atomic mass is 10.1. The summed E-state index contributed by atoms with van der Waals surface area (Å²) in [6.45, 7) is 4.64. The number of rotatable bonds is 5. The summed E-state index contributed by atoms with van der Waals surface area (Å²) in [5.74, 6) is 1.55. The summed E-state index contributed by atoms with van der Waals surface area (Å²) in [4.78, 5) is 4.67. The third-order valence-electron chi connectivity index (χ3n) is 4.16. The molecule has 4 nitrogen and oxygen atoms in total. The molecule has 0 aromatic heterocycles. The van der Waals surface area contributed by atoms with Crippen LogP contribution in [0.25, 0.3) is 0 Å². The standard InChI is InChI=1S/C17H25N3O.HI/c1-2-18-17(19-12-14-9-6-10-21-14)20-16-11-15(16)13-7-4-3-5-8-13;/h3-5,7-8,14-16H,2,6,9-12H2,1H3,(H2,18,19,20);1H. The van der Waals surface area contributed by atoms with Gasteiger partial charge in [-0.15, -0.1) is 24.0 Å². The van der Waals surface area contributed by atoms with Crippen LogP contribution >= 0.6 is 24.0 Å². The summed E-state index contributed by atoms with van der Waals surface area (Å²) in [5.41, 5.74) is 1.42. The van der Waals surface area contributed by atoms with Crippen molar-refractivity contribution in [1.29, 1.82) is 0 Å². The Bertz CT molecular complexity index is 474. The molecule has 2 aliphatic rings. The molecule has 122 valence electrons. The maximum atomic E-state index is 5.63. The highest BCUT2D eigenvalue weighted by Gasteiger charge is 2.38. The van der Waals surface area contributed by atoms with E-state index < -0.39 is 0 Å². The van der Waals surface area contributed by atoms with Gasteiger partial charge in [-0.2, -0.15) is 0 Å². The molecule has 0 amide bonds. The van der Waals surface area contributed by atoms with Gasteiger partial charge < -0.3 is 15.4 Å².